The van der Waals surface area contributed by atoms with E-state index in [1.807, 2.05) is 6.08 Å². The van der Waals surface area contributed by atoms with Gasteiger partial charge in [-0.15, -0.1) is 0 Å². The Kier molecular flexibility index (Phi) is 3.80. The molecule has 0 bridgehead atoms. The van der Waals surface area contributed by atoms with Crippen molar-refractivity contribution in [1.82, 2.24) is 9.97 Å². The Hall–Kier alpha value is -2.67. The Morgan fingerprint density at radius 2 is 1.92 bits per heavy atom. The Morgan fingerprint density at radius 3 is 2.68 bits per heavy atom. The molecule has 0 unspecified atom stereocenters. The summed E-state index contributed by atoms with van der Waals surface area (Å²) >= 11 is 0. The second-order valence-corrected chi connectivity index (χ2v) is 6.07. The summed E-state index contributed by atoms with van der Waals surface area (Å²) in [7, 11) is 0. The van der Waals surface area contributed by atoms with Crippen molar-refractivity contribution in [3.8, 4) is 0 Å². The summed E-state index contributed by atoms with van der Waals surface area (Å²) in [5.74, 6) is -3.10. The third-order valence-corrected chi connectivity index (χ3v) is 4.47. The smallest absolute Gasteiger partial charge is 0.224 e. The molecule has 1 aliphatic rings. The van der Waals surface area contributed by atoms with Crippen LogP contribution in [0.15, 0.2) is 41.0 Å². The first-order valence-corrected chi connectivity index (χ1v) is 7.84. The lowest BCUT2D eigenvalue weighted by atomic mass is 9.80. The van der Waals surface area contributed by atoms with Gasteiger partial charge in [-0.1, -0.05) is 6.08 Å². The van der Waals surface area contributed by atoms with Crippen LogP contribution in [0.5, 0.6) is 0 Å². The van der Waals surface area contributed by atoms with Gasteiger partial charge in [-0.05, 0) is 36.6 Å². The zero-order valence-electron chi connectivity index (χ0n) is 13.0. The minimum absolute atomic E-state index is 0.0842. The van der Waals surface area contributed by atoms with Crippen LogP contribution in [0.4, 0.5) is 13.2 Å². The van der Waals surface area contributed by atoms with Crippen molar-refractivity contribution in [2.75, 3.05) is 0 Å². The maximum Gasteiger partial charge on any atom is 0.224 e. The fraction of sp³-hybridized carbons (Fsp3) is 0.222. The predicted octanol–water partition coefficient (Wildman–Crippen LogP) is 3.93. The number of hydrogen-bond donors (Lipinski definition) is 1. The number of halogens is 3. The molecule has 0 amide bonds. The summed E-state index contributed by atoms with van der Waals surface area (Å²) in [6.45, 7) is 0. The first-order valence-electron chi connectivity index (χ1n) is 7.84. The van der Waals surface area contributed by atoms with Crippen LogP contribution in [0, 0.1) is 17.5 Å². The molecular formula is C18H14F3N3O. The highest BCUT2D eigenvalue weighted by molar-refractivity contribution is 5.72. The van der Waals surface area contributed by atoms with Crippen molar-refractivity contribution in [3.05, 3.63) is 65.4 Å². The quantitative estimate of drug-likeness (QED) is 0.715. The van der Waals surface area contributed by atoms with Gasteiger partial charge in [0.15, 0.2) is 22.9 Å². The first-order chi connectivity index (χ1) is 12.0. The third-order valence-electron chi connectivity index (χ3n) is 4.47. The normalized spacial score (nSPS) is 20.7. The van der Waals surface area contributed by atoms with E-state index >= 15 is 0 Å². The third kappa shape index (κ3) is 2.80. The molecule has 4 nitrogen and oxygen atoms in total. The van der Waals surface area contributed by atoms with Gasteiger partial charge in [0.05, 0.1) is 0 Å². The largest absolute Gasteiger partial charge is 0.435 e. The molecule has 4 rings (SSSR count). The predicted molar refractivity (Wildman–Crippen MR) is 86.0 cm³/mol. The number of benzene rings is 1. The highest BCUT2D eigenvalue weighted by Crippen LogP contribution is 2.37. The molecule has 0 radical (unpaired) electrons. The number of rotatable bonds is 2. The molecule has 0 spiro atoms. The molecule has 7 heteroatoms. The van der Waals surface area contributed by atoms with Crippen LogP contribution in [0.3, 0.4) is 0 Å². The summed E-state index contributed by atoms with van der Waals surface area (Å²) in [4.78, 5) is 8.44. The molecule has 25 heavy (non-hydrogen) atoms. The Labute approximate surface area is 141 Å². The second-order valence-electron chi connectivity index (χ2n) is 6.07. The Morgan fingerprint density at radius 1 is 1.12 bits per heavy atom. The lowest BCUT2D eigenvalue weighted by Crippen LogP contribution is -2.31. The van der Waals surface area contributed by atoms with Crippen LogP contribution in [-0.2, 0) is 0 Å². The summed E-state index contributed by atoms with van der Waals surface area (Å²) < 4.78 is 46.3. The molecule has 1 aromatic carbocycles. The molecule has 3 aromatic rings. The Balaban J connectivity index is 1.65. The molecule has 2 aromatic heterocycles. The van der Waals surface area contributed by atoms with Gasteiger partial charge in [0.1, 0.15) is 5.82 Å². The maximum absolute atomic E-state index is 14.0. The highest BCUT2D eigenvalue weighted by Gasteiger charge is 2.29. The number of fused-ring (bicyclic) bond motifs is 1. The average molecular weight is 345 g/mol. The lowest BCUT2D eigenvalue weighted by Gasteiger charge is -2.28. The van der Waals surface area contributed by atoms with Gasteiger partial charge in [0.25, 0.3) is 0 Å². The highest BCUT2D eigenvalue weighted by atomic mass is 19.2. The van der Waals surface area contributed by atoms with Crippen LogP contribution in [-0.4, -0.2) is 16.0 Å². The van der Waals surface area contributed by atoms with Crippen molar-refractivity contribution in [1.29, 1.82) is 0 Å². The van der Waals surface area contributed by atoms with Gasteiger partial charge in [0, 0.05) is 29.8 Å². The van der Waals surface area contributed by atoms with Gasteiger partial charge in [-0.2, -0.15) is 4.98 Å². The molecule has 0 saturated heterocycles. The van der Waals surface area contributed by atoms with Crippen molar-refractivity contribution in [2.24, 2.45) is 5.73 Å². The van der Waals surface area contributed by atoms with Crippen LogP contribution >= 0.6 is 0 Å². The first kappa shape index (κ1) is 15.8. The molecule has 1 aliphatic carbocycles. The van der Waals surface area contributed by atoms with E-state index in [1.54, 1.807) is 18.3 Å². The molecular weight excluding hydrogens is 331 g/mol. The van der Waals surface area contributed by atoms with E-state index < -0.39 is 29.4 Å². The van der Waals surface area contributed by atoms with Crippen molar-refractivity contribution in [2.45, 2.75) is 24.8 Å². The van der Waals surface area contributed by atoms with E-state index in [2.05, 4.69) is 9.97 Å². The summed E-state index contributed by atoms with van der Waals surface area (Å²) in [6, 6.07) is 4.49. The number of aromatic nitrogens is 2. The zero-order chi connectivity index (χ0) is 17.6. The van der Waals surface area contributed by atoms with Gasteiger partial charge < -0.3 is 10.2 Å². The molecule has 2 atom stereocenters. The van der Waals surface area contributed by atoms with Crippen LogP contribution < -0.4 is 5.73 Å². The summed E-state index contributed by atoms with van der Waals surface area (Å²) in [5, 5.41) is 0. The number of hydrogen-bond acceptors (Lipinski definition) is 4. The van der Waals surface area contributed by atoms with Gasteiger partial charge in [-0.3, -0.25) is 0 Å². The standard InChI is InChI=1S/C18H14F3N3O/c19-12-8-14(21)13(20)7-11(12)10-4-3-9(6-15(10)22)18-24-17-16(25-18)2-1-5-23-17/h1-3,5,7-8,10,15H,4,6,22H2/t10-,15+/m1/s1. The van der Waals surface area contributed by atoms with Crippen LogP contribution in [0.25, 0.3) is 16.8 Å². The Bertz CT molecular complexity index is 950. The summed E-state index contributed by atoms with van der Waals surface area (Å²) in [5.41, 5.74) is 8.13. The zero-order valence-corrected chi connectivity index (χ0v) is 13.0. The fourth-order valence-electron chi connectivity index (χ4n) is 3.18. The number of nitrogens with zero attached hydrogens (tertiary/aromatic N) is 2. The molecule has 0 saturated carbocycles. The van der Waals surface area contributed by atoms with Crippen molar-refractivity contribution in [3.63, 3.8) is 0 Å². The summed E-state index contributed by atoms with van der Waals surface area (Å²) in [6.07, 6.45) is 4.23. The van der Waals surface area contributed by atoms with E-state index in [0.29, 0.717) is 36.0 Å². The molecule has 2 N–H and O–H groups in total. The topological polar surface area (TPSA) is 64.9 Å². The van der Waals surface area contributed by atoms with E-state index in [1.165, 1.54) is 0 Å². The van der Waals surface area contributed by atoms with E-state index in [4.69, 9.17) is 10.2 Å². The molecule has 0 fully saturated rings. The number of pyridine rings is 1. The minimum atomic E-state index is -1.21. The number of nitrogens with two attached hydrogens (primary N) is 1. The number of allylic oxidation sites excluding steroid dienone is 1. The minimum Gasteiger partial charge on any atom is -0.435 e. The van der Waals surface area contributed by atoms with E-state index in [-0.39, 0.29) is 5.56 Å². The van der Waals surface area contributed by atoms with Gasteiger partial charge in [-0.25, -0.2) is 18.2 Å². The number of oxazole rings is 1. The maximum atomic E-state index is 14.0. The molecule has 0 aliphatic heterocycles. The van der Waals surface area contributed by atoms with E-state index in [9.17, 15) is 13.2 Å². The van der Waals surface area contributed by atoms with Gasteiger partial charge in [0.2, 0.25) is 5.89 Å². The van der Waals surface area contributed by atoms with Crippen molar-refractivity contribution < 1.29 is 17.6 Å². The molecule has 2 heterocycles. The van der Waals surface area contributed by atoms with Gasteiger partial charge >= 0.3 is 0 Å². The lowest BCUT2D eigenvalue weighted by molar-refractivity contribution is 0.460. The van der Waals surface area contributed by atoms with Crippen LogP contribution in [0.2, 0.25) is 0 Å². The van der Waals surface area contributed by atoms with Crippen molar-refractivity contribution >= 4 is 16.8 Å². The second kappa shape index (κ2) is 6.00. The fourth-order valence-corrected chi connectivity index (χ4v) is 3.18. The average Bonchev–Trinajstić information content (AvgIpc) is 3.02. The van der Waals surface area contributed by atoms with Crippen LogP contribution in [0.1, 0.15) is 30.2 Å². The van der Waals surface area contributed by atoms with E-state index in [0.717, 1.165) is 11.6 Å². The molecule has 128 valence electrons. The SMILES string of the molecule is N[C@H]1CC(c2nc3ncccc3o2)=CC[C@@H]1c1cc(F)c(F)cc1F. The monoisotopic (exact) mass is 345 g/mol.